The van der Waals surface area contributed by atoms with Gasteiger partial charge in [-0.3, -0.25) is 9.48 Å². The Morgan fingerprint density at radius 1 is 1.28 bits per heavy atom. The minimum atomic E-state index is -0.495. The first-order valence-electron chi connectivity index (χ1n) is 11.0. The van der Waals surface area contributed by atoms with Crippen molar-refractivity contribution in [1.82, 2.24) is 20.4 Å². The highest BCUT2D eigenvalue weighted by Crippen LogP contribution is 2.55. The molecule has 2 unspecified atom stereocenters. The molecule has 1 saturated heterocycles. The molecule has 0 spiro atoms. The molecule has 4 saturated carbocycles. The van der Waals surface area contributed by atoms with Crippen molar-refractivity contribution >= 4 is 23.3 Å². The molecule has 0 aromatic carbocycles. The van der Waals surface area contributed by atoms with Gasteiger partial charge in [0.15, 0.2) is 5.69 Å². The van der Waals surface area contributed by atoms with Crippen molar-refractivity contribution in [2.45, 2.75) is 62.6 Å². The lowest BCUT2D eigenvalue weighted by Crippen LogP contribution is -2.61. The van der Waals surface area contributed by atoms with Crippen LogP contribution in [0.5, 0.6) is 0 Å². The van der Waals surface area contributed by atoms with Gasteiger partial charge in [-0.15, -0.1) is 0 Å². The Kier molecular flexibility index (Phi) is 4.83. The molecule has 5 fully saturated rings. The number of nitrogens with one attached hydrogen (secondary N) is 2. The number of aromatic nitrogens is 2. The number of aryl methyl sites for hydroxylation is 1. The Morgan fingerprint density at radius 3 is 2.55 bits per heavy atom. The molecule has 4 aliphatic carbocycles. The van der Waals surface area contributed by atoms with Gasteiger partial charge in [-0.25, -0.2) is 0 Å². The Bertz CT molecular complexity index is 789. The number of aliphatic hydroxyl groups is 1. The Labute approximate surface area is 177 Å². The van der Waals surface area contributed by atoms with Crippen LogP contribution in [0.15, 0.2) is 0 Å². The predicted octanol–water partition coefficient (Wildman–Crippen LogP) is 1.93. The zero-order valence-corrected chi connectivity index (χ0v) is 18.1. The SMILES string of the molecule is CN(c1c(Cl)c(C(=O)NC2C3CC4CC2CC(O)(C4)C3)nn1C)C1CCNCC1. The van der Waals surface area contributed by atoms with Gasteiger partial charge < -0.3 is 20.6 Å². The first-order valence-corrected chi connectivity index (χ1v) is 11.4. The second-order valence-electron chi connectivity index (χ2n) is 9.90. The summed E-state index contributed by atoms with van der Waals surface area (Å²) in [5.41, 5.74) is -0.178. The number of anilines is 1. The monoisotopic (exact) mass is 421 g/mol. The molecule has 1 aliphatic heterocycles. The second-order valence-corrected chi connectivity index (χ2v) is 10.3. The van der Waals surface area contributed by atoms with Crippen molar-refractivity contribution in [2.75, 3.05) is 25.0 Å². The molecular formula is C21H32ClN5O2. The summed E-state index contributed by atoms with van der Waals surface area (Å²) < 4.78 is 1.74. The van der Waals surface area contributed by atoms with E-state index in [1.54, 1.807) is 4.68 Å². The van der Waals surface area contributed by atoms with E-state index in [4.69, 9.17) is 11.6 Å². The third-order valence-corrected chi connectivity index (χ3v) is 8.25. The van der Waals surface area contributed by atoms with E-state index in [1.165, 1.54) is 0 Å². The molecule has 160 valence electrons. The van der Waals surface area contributed by atoms with Crippen LogP contribution < -0.4 is 15.5 Å². The van der Waals surface area contributed by atoms with Crippen LogP contribution in [-0.2, 0) is 7.05 Å². The molecular weight excluding hydrogens is 390 g/mol. The molecule has 5 aliphatic rings. The number of halogens is 1. The molecule has 1 amide bonds. The van der Waals surface area contributed by atoms with Gasteiger partial charge in [0.05, 0.1) is 5.60 Å². The van der Waals surface area contributed by atoms with Crippen molar-refractivity contribution in [2.24, 2.45) is 24.8 Å². The summed E-state index contributed by atoms with van der Waals surface area (Å²) >= 11 is 6.69. The summed E-state index contributed by atoms with van der Waals surface area (Å²) in [6.45, 7) is 1.99. The number of carbonyl (C=O) groups is 1. The molecule has 6 rings (SSSR count). The summed E-state index contributed by atoms with van der Waals surface area (Å²) in [5.74, 6) is 1.99. The molecule has 8 heteroatoms. The minimum absolute atomic E-state index is 0.128. The van der Waals surface area contributed by atoms with Crippen LogP contribution >= 0.6 is 11.6 Å². The maximum atomic E-state index is 13.1. The smallest absolute Gasteiger partial charge is 0.273 e. The maximum Gasteiger partial charge on any atom is 0.273 e. The van der Waals surface area contributed by atoms with Gasteiger partial charge in [0.2, 0.25) is 0 Å². The van der Waals surface area contributed by atoms with Crippen molar-refractivity contribution in [3.8, 4) is 0 Å². The molecule has 0 radical (unpaired) electrons. The standard InChI is InChI=1S/C21H32ClN5O2/c1-26(15-3-5-23-6-4-15)20-16(22)18(25-27(20)2)19(28)24-17-13-7-12-8-14(17)11-21(29,9-12)10-13/h12-15,17,23,29H,3-11H2,1-2H3,(H,24,28). The summed E-state index contributed by atoms with van der Waals surface area (Å²) in [7, 11) is 3.90. The Morgan fingerprint density at radius 2 is 1.93 bits per heavy atom. The van der Waals surface area contributed by atoms with E-state index in [9.17, 15) is 9.90 Å². The molecule has 4 bridgehead atoms. The van der Waals surface area contributed by atoms with Gasteiger partial charge in [-0.2, -0.15) is 5.10 Å². The van der Waals surface area contributed by atoms with E-state index in [0.717, 1.165) is 63.9 Å². The quantitative estimate of drug-likeness (QED) is 0.692. The average molecular weight is 422 g/mol. The molecule has 7 nitrogen and oxygen atoms in total. The van der Waals surface area contributed by atoms with Crippen molar-refractivity contribution in [3.63, 3.8) is 0 Å². The summed E-state index contributed by atoms with van der Waals surface area (Å²) in [6, 6.07) is 0.522. The minimum Gasteiger partial charge on any atom is -0.390 e. The third-order valence-electron chi connectivity index (χ3n) is 7.90. The lowest BCUT2D eigenvalue weighted by atomic mass is 9.52. The average Bonchev–Trinajstić information content (AvgIpc) is 2.97. The van der Waals surface area contributed by atoms with Crippen molar-refractivity contribution in [3.05, 3.63) is 10.7 Å². The van der Waals surface area contributed by atoms with Crippen LogP contribution in [0.4, 0.5) is 5.82 Å². The maximum absolute atomic E-state index is 13.1. The zero-order chi connectivity index (χ0) is 20.3. The van der Waals surface area contributed by atoms with Gasteiger partial charge in [-0.1, -0.05) is 11.6 Å². The number of carbonyl (C=O) groups excluding carboxylic acids is 1. The van der Waals surface area contributed by atoms with Crippen molar-refractivity contribution < 1.29 is 9.90 Å². The van der Waals surface area contributed by atoms with Crippen LogP contribution in [0.2, 0.25) is 5.02 Å². The Balaban J connectivity index is 1.33. The molecule has 2 atom stereocenters. The fourth-order valence-electron chi connectivity index (χ4n) is 6.82. The molecule has 3 N–H and O–H groups in total. The number of hydrogen-bond acceptors (Lipinski definition) is 5. The Hall–Kier alpha value is -1.31. The van der Waals surface area contributed by atoms with Gasteiger partial charge >= 0.3 is 0 Å². The van der Waals surface area contributed by atoms with E-state index >= 15 is 0 Å². The number of nitrogens with zero attached hydrogens (tertiary/aromatic N) is 3. The van der Waals surface area contributed by atoms with Crippen LogP contribution in [0.3, 0.4) is 0 Å². The fourth-order valence-corrected chi connectivity index (χ4v) is 7.20. The second kappa shape index (κ2) is 7.13. The van der Waals surface area contributed by atoms with E-state index in [0.29, 0.717) is 34.5 Å². The predicted molar refractivity (Wildman–Crippen MR) is 112 cm³/mol. The normalized spacial score (nSPS) is 36.4. The number of piperidine rings is 1. The summed E-state index contributed by atoms with van der Waals surface area (Å²) in [6.07, 6.45) is 6.89. The van der Waals surface area contributed by atoms with E-state index in [-0.39, 0.29) is 11.9 Å². The lowest BCUT2D eigenvalue weighted by Gasteiger charge is -2.58. The molecule has 2 heterocycles. The molecule has 29 heavy (non-hydrogen) atoms. The molecule has 1 aromatic heterocycles. The van der Waals surface area contributed by atoms with Crippen molar-refractivity contribution in [1.29, 1.82) is 0 Å². The van der Waals surface area contributed by atoms with E-state index in [1.807, 2.05) is 14.1 Å². The van der Waals surface area contributed by atoms with Crippen LogP contribution in [-0.4, -0.2) is 58.6 Å². The highest BCUT2D eigenvalue weighted by Gasteiger charge is 2.55. The summed E-state index contributed by atoms with van der Waals surface area (Å²) in [5, 5.41) is 22.3. The van der Waals surface area contributed by atoms with Gasteiger partial charge in [0.25, 0.3) is 5.91 Å². The number of amides is 1. The van der Waals surface area contributed by atoms with Crippen LogP contribution in [0.25, 0.3) is 0 Å². The first kappa shape index (κ1) is 19.6. The number of rotatable bonds is 4. The van der Waals surface area contributed by atoms with E-state index in [2.05, 4.69) is 20.6 Å². The van der Waals surface area contributed by atoms with Crippen LogP contribution in [0.1, 0.15) is 55.4 Å². The number of hydrogen-bond donors (Lipinski definition) is 3. The molecule has 1 aromatic rings. The summed E-state index contributed by atoms with van der Waals surface area (Å²) in [4.78, 5) is 15.3. The highest BCUT2D eigenvalue weighted by atomic mass is 35.5. The largest absolute Gasteiger partial charge is 0.390 e. The third kappa shape index (κ3) is 3.35. The van der Waals surface area contributed by atoms with E-state index < -0.39 is 5.60 Å². The van der Waals surface area contributed by atoms with Gasteiger partial charge in [0.1, 0.15) is 10.8 Å². The van der Waals surface area contributed by atoms with Gasteiger partial charge in [0, 0.05) is 26.2 Å². The van der Waals surface area contributed by atoms with Gasteiger partial charge in [-0.05, 0) is 75.8 Å². The topological polar surface area (TPSA) is 82.4 Å². The van der Waals surface area contributed by atoms with Crippen LogP contribution in [0, 0.1) is 17.8 Å². The highest BCUT2D eigenvalue weighted by molar-refractivity contribution is 6.36. The zero-order valence-electron chi connectivity index (χ0n) is 17.3. The lowest BCUT2D eigenvalue weighted by molar-refractivity contribution is -0.136. The first-order chi connectivity index (χ1) is 13.8. The fraction of sp³-hybridized carbons (Fsp3) is 0.810.